The first kappa shape index (κ1) is 20.7. The molecule has 0 amide bonds. The summed E-state index contributed by atoms with van der Waals surface area (Å²) in [6, 6.07) is 5.39. The maximum absolute atomic E-state index is 5.45. The second-order valence-electron chi connectivity index (χ2n) is 8.48. The first-order valence-corrected chi connectivity index (χ1v) is 11.5. The second-order valence-corrected chi connectivity index (χ2v) is 8.48. The summed E-state index contributed by atoms with van der Waals surface area (Å²) >= 11 is 0. The Labute approximate surface area is 174 Å². The van der Waals surface area contributed by atoms with Crippen LogP contribution in [0.25, 0.3) is 0 Å². The maximum Gasteiger partial charge on any atom is 0.191 e. The van der Waals surface area contributed by atoms with Gasteiger partial charge >= 0.3 is 0 Å². The molecule has 3 fully saturated rings. The van der Waals surface area contributed by atoms with Crippen LogP contribution in [0.4, 0.5) is 0 Å². The molecule has 0 unspecified atom stereocenters. The van der Waals surface area contributed by atoms with Crippen LogP contribution in [-0.4, -0.2) is 86.9 Å². The molecule has 1 saturated carbocycles. The highest BCUT2D eigenvalue weighted by molar-refractivity contribution is 5.80. The van der Waals surface area contributed by atoms with Crippen LogP contribution in [0.15, 0.2) is 27.8 Å². The van der Waals surface area contributed by atoms with E-state index in [0.29, 0.717) is 6.04 Å². The van der Waals surface area contributed by atoms with Crippen LogP contribution in [0.3, 0.4) is 0 Å². The summed E-state index contributed by atoms with van der Waals surface area (Å²) in [5.74, 6) is 1.98. The molecule has 7 nitrogen and oxygen atoms in total. The number of rotatable bonds is 9. The minimum absolute atomic E-state index is 0.527. The number of guanidine groups is 1. The number of hydrogen-bond acceptors (Lipinski definition) is 5. The molecule has 29 heavy (non-hydrogen) atoms. The maximum atomic E-state index is 5.45. The fourth-order valence-corrected chi connectivity index (χ4v) is 4.26. The van der Waals surface area contributed by atoms with Crippen molar-refractivity contribution >= 4 is 5.96 Å². The number of piperidine rings is 1. The fourth-order valence-electron chi connectivity index (χ4n) is 4.26. The predicted molar refractivity (Wildman–Crippen MR) is 115 cm³/mol. The number of nitrogens with zero attached hydrogens (tertiary/aromatic N) is 3. The molecule has 0 bridgehead atoms. The molecule has 7 heteroatoms. The Morgan fingerprint density at radius 1 is 1.10 bits per heavy atom. The van der Waals surface area contributed by atoms with Crippen molar-refractivity contribution in [2.45, 2.75) is 50.6 Å². The largest absolute Gasteiger partial charge is 0.469 e. The number of likely N-dealkylation sites (tertiary alicyclic amines) is 1. The van der Waals surface area contributed by atoms with Crippen LogP contribution in [0.2, 0.25) is 0 Å². The summed E-state index contributed by atoms with van der Waals surface area (Å²) in [5, 5.41) is 7.22. The normalized spacial score (nSPS) is 22.7. The Morgan fingerprint density at radius 2 is 1.93 bits per heavy atom. The highest BCUT2D eigenvalue weighted by atomic mass is 16.5. The molecule has 2 N–H and O–H groups in total. The topological polar surface area (TPSA) is 65.3 Å². The number of furan rings is 1. The van der Waals surface area contributed by atoms with Gasteiger partial charge in [-0.05, 0) is 44.2 Å². The standard InChI is InChI=1S/C22H37N5O2/c1-3-21(29-16-1)6-10-24-22(23-9-2-11-26-14-17-28-18-15-26)25-19-7-12-27(13-8-19)20-4-5-20/h1,3,16,19-20H,2,4-15,17-18H2,(H2,23,24,25). The zero-order chi connectivity index (χ0) is 19.7. The van der Waals surface area contributed by atoms with Crippen molar-refractivity contribution in [1.82, 2.24) is 20.4 Å². The first-order valence-electron chi connectivity index (χ1n) is 11.5. The van der Waals surface area contributed by atoms with E-state index in [1.807, 2.05) is 12.1 Å². The summed E-state index contributed by atoms with van der Waals surface area (Å²) in [7, 11) is 0. The van der Waals surface area contributed by atoms with Crippen molar-refractivity contribution in [3.63, 3.8) is 0 Å². The average molecular weight is 404 g/mol. The number of hydrogen-bond donors (Lipinski definition) is 2. The Balaban J connectivity index is 1.21. The third-order valence-electron chi connectivity index (χ3n) is 6.18. The van der Waals surface area contributed by atoms with Gasteiger partial charge in [0.2, 0.25) is 0 Å². The van der Waals surface area contributed by atoms with Crippen molar-refractivity contribution in [3.05, 3.63) is 24.2 Å². The molecule has 0 spiro atoms. The molecular weight excluding hydrogens is 366 g/mol. The van der Waals surface area contributed by atoms with Crippen molar-refractivity contribution < 1.29 is 9.15 Å². The zero-order valence-corrected chi connectivity index (χ0v) is 17.7. The second kappa shape index (κ2) is 11.0. The van der Waals surface area contributed by atoms with E-state index in [-0.39, 0.29) is 0 Å². The lowest BCUT2D eigenvalue weighted by Crippen LogP contribution is -2.49. The van der Waals surface area contributed by atoms with E-state index < -0.39 is 0 Å². The minimum Gasteiger partial charge on any atom is -0.469 e. The molecule has 2 saturated heterocycles. The quantitative estimate of drug-likeness (QED) is 0.372. The molecular formula is C22H37N5O2. The van der Waals surface area contributed by atoms with E-state index in [1.165, 1.54) is 38.8 Å². The summed E-state index contributed by atoms with van der Waals surface area (Å²) in [4.78, 5) is 10.0. The molecule has 2 aliphatic heterocycles. The lowest BCUT2D eigenvalue weighted by atomic mass is 10.1. The third-order valence-corrected chi connectivity index (χ3v) is 6.18. The van der Waals surface area contributed by atoms with Gasteiger partial charge in [0.25, 0.3) is 0 Å². The van der Waals surface area contributed by atoms with Gasteiger partial charge in [0.15, 0.2) is 5.96 Å². The monoisotopic (exact) mass is 403 g/mol. The Bertz CT molecular complexity index is 603. The SMILES string of the molecule is c1coc(CCNC(=NCCCN2CCOCC2)NC2CCN(C3CC3)CC2)c1. The van der Waals surface area contributed by atoms with E-state index >= 15 is 0 Å². The summed E-state index contributed by atoms with van der Waals surface area (Å²) < 4.78 is 10.9. The highest BCUT2D eigenvalue weighted by Gasteiger charge is 2.31. The predicted octanol–water partition coefficient (Wildman–Crippen LogP) is 1.71. The van der Waals surface area contributed by atoms with E-state index in [1.54, 1.807) is 6.26 Å². The molecule has 162 valence electrons. The van der Waals surface area contributed by atoms with Crippen molar-refractivity contribution in [3.8, 4) is 0 Å². The Morgan fingerprint density at radius 3 is 2.66 bits per heavy atom. The zero-order valence-electron chi connectivity index (χ0n) is 17.7. The van der Waals surface area contributed by atoms with Gasteiger partial charge in [0, 0.05) is 64.3 Å². The number of ether oxygens (including phenoxy) is 1. The van der Waals surface area contributed by atoms with E-state index in [2.05, 4.69) is 20.4 Å². The summed E-state index contributed by atoms with van der Waals surface area (Å²) in [6.45, 7) is 9.07. The van der Waals surface area contributed by atoms with Crippen LogP contribution in [0.1, 0.15) is 37.9 Å². The molecule has 0 radical (unpaired) electrons. The molecule has 3 aliphatic rings. The molecule has 1 aromatic heterocycles. The molecule has 4 rings (SSSR count). The van der Waals surface area contributed by atoms with Crippen LogP contribution in [-0.2, 0) is 11.2 Å². The van der Waals surface area contributed by atoms with Gasteiger partial charge in [-0.3, -0.25) is 9.89 Å². The van der Waals surface area contributed by atoms with Crippen LogP contribution in [0.5, 0.6) is 0 Å². The number of nitrogens with one attached hydrogen (secondary N) is 2. The smallest absolute Gasteiger partial charge is 0.191 e. The van der Waals surface area contributed by atoms with Crippen molar-refractivity contribution in [1.29, 1.82) is 0 Å². The van der Waals surface area contributed by atoms with Crippen LogP contribution < -0.4 is 10.6 Å². The van der Waals surface area contributed by atoms with Gasteiger partial charge in [-0.25, -0.2) is 0 Å². The average Bonchev–Trinajstić information content (AvgIpc) is 3.48. The van der Waals surface area contributed by atoms with E-state index in [9.17, 15) is 0 Å². The van der Waals surface area contributed by atoms with Gasteiger partial charge in [-0.2, -0.15) is 0 Å². The van der Waals surface area contributed by atoms with E-state index in [4.69, 9.17) is 14.1 Å². The van der Waals surface area contributed by atoms with Crippen molar-refractivity contribution in [2.75, 3.05) is 59.0 Å². The molecule has 0 atom stereocenters. The third kappa shape index (κ3) is 7.01. The van der Waals surface area contributed by atoms with Gasteiger partial charge in [0.1, 0.15) is 5.76 Å². The van der Waals surface area contributed by atoms with Gasteiger partial charge < -0.3 is 24.7 Å². The lowest BCUT2D eigenvalue weighted by Gasteiger charge is -2.33. The van der Waals surface area contributed by atoms with Gasteiger partial charge in [-0.1, -0.05) is 0 Å². The fraction of sp³-hybridized carbons (Fsp3) is 0.773. The van der Waals surface area contributed by atoms with E-state index in [0.717, 1.165) is 76.5 Å². The molecule has 1 aliphatic carbocycles. The summed E-state index contributed by atoms with van der Waals surface area (Å²) in [6.07, 6.45) is 8.94. The Hall–Kier alpha value is -1.57. The minimum atomic E-state index is 0.527. The highest BCUT2D eigenvalue weighted by Crippen LogP contribution is 2.29. The molecule has 3 heterocycles. The summed E-state index contributed by atoms with van der Waals surface area (Å²) in [5.41, 5.74) is 0. The molecule has 0 aromatic carbocycles. The van der Waals surface area contributed by atoms with Gasteiger partial charge in [-0.15, -0.1) is 0 Å². The first-order chi connectivity index (χ1) is 14.4. The number of morpholine rings is 1. The lowest BCUT2D eigenvalue weighted by molar-refractivity contribution is 0.0377. The van der Waals surface area contributed by atoms with Crippen LogP contribution in [0, 0.1) is 0 Å². The Kier molecular flexibility index (Phi) is 7.84. The molecule has 1 aromatic rings. The van der Waals surface area contributed by atoms with Gasteiger partial charge in [0.05, 0.1) is 19.5 Å². The van der Waals surface area contributed by atoms with Crippen molar-refractivity contribution in [2.24, 2.45) is 4.99 Å². The number of aliphatic imine (C=N–C) groups is 1. The van der Waals surface area contributed by atoms with Crippen LogP contribution >= 0.6 is 0 Å².